The van der Waals surface area contributed by atoms with Gasteiger partial charge in [0.1, 0.15) is 5.82 Å². The molecule has 0 spiro atoms. The number of carbonyl (C=O) groups is 1. The second kappa shape index (κ2) is 4.81. The Morgan fingerprint density at radius 1 is 1.59 bits per heavy atom. The molecule has 17 heavy (non-hydrogen) atoms. The third-order valence-electron chi connectivity index (χ3n) is 3.22. The van der Waals surface area contributed by atoms with E-state index in [9.17, 15) is 4.79 Å². The SMILES string of the molecule is CNC1COCC1C(=O)c1c(C)ccnc1N. The summed E-state index contributed by atoms with van der Waals surface area (Å²) >= 11 is 0. The molecule has 92 valence electrons. The number of hydrogen-bond donors (Lipinski definition) is 2. The van der Waals surface area contributed by atoms with Gasteiger partial charge in [-0.2, -0.15) is 0 Å². The molecule has 0 aliphatic carbocycles. The van der Waals surface area contributed by atoms with Gasteiger partial charge < -0.3 is 15.8 Å². The van der Waals surface area contributed by atoms with Crippen LogP contribution in [0.2, 0.25) is 0 Å². The summed E-state index contributed by atoms with van der Waals surface area (Å²) in [6.45, 7) is 2.87. The fourth-order valence-electron chi connectivity index (χ4n) is 2.18. The Morgan fingerprint density at radius 2 is 2.35 bits per heavy atom. The van der Waals surface area contributed by atoms with E-state index in [1.165, 1.54) is 0 Å². The Balaban J connectivity index is 2.31. The molecule has 3 N–H and O–H groups in total. The zero-order chi connectivity index (χ0) is 12.4. The van der Waals surface area contributed by atoms with E-state index in [0.29, 0.717) is 24.6 Å². The minimum Gasteiger partial charge on any atom is -0.383 e. The minimum absolute atomic E-state index is 0.0185. The molecule has 5 nitrogen and oxygen atoms in total. The average Bonchev–Trinajstić information content (AvgIpc) is 2.76. The summed E-state index contributed by atoms with van der Waals surface area (Å²) in [4.78, 5) is 16.4. The number of ether oxygens (including phenoxy) is 1. The predicted octanol–water partition coefficient (Wildman–Crippen LogP) is 0.389. The van der Waals surface area contributed by atoms with Gasteiger partial charge in [-0.3, -0.25) is 4.79 Å². The molecule has 2 heterocycles. The van der Waals surface area contributed by atoms with Crippen molar-refractivity contribution < 1.29 is 9.53 Å². The van der Waals surface area contributed by atoms with Crippen molar-refractivity contribution in [3.05, 3.63) is 23.4 Å². The van der Waals surface area contributed by atoms with Crippen LogP contribution in [0.15, 0.2) is 12.3 Å². The van der Waals surface area contributed by atoms with Crippen LogP contribution in [-0.4, -0.2) is 37.1 Å². The third kappa shape index (κ3) is 2.16. The summed E-state index contributed by atoms with van der Waals surface area (Å²) in [5.41, 5.74) is 7.18. The molecule has 1 aromatic rings. The number of rotatable bonds is 3. The quantitative estimate of drug-likeness (QED) is 0.741. The molecule has 0 bridgehead atoms. The number of nitrogens with zero attached hydrogens (tertiary/aromatic N) is 1. The maximum absolute atomic E-state index is 12.4. The predicted molar refractivity (Wildman–Crippen MR) is 64.9 cm³/mol. The molecule has 1 aliphatic rings. The van der Waals surface area contributed by atoms with E-state index in [0.717, 1.165) is 5.56 Å². The molecule has 1 fully saturated rings. The van der Waals surface area contributed by atoms with E-state index < -0.39 is 0 Å². The highest BCUT2D eigenvalue weighted by Gasteiger charge is 2.35. The van der Waals surface area contributed by atoms with Gasteiger partial charge in [-0.15, -0.1) is 0 Å². The van der Waals surface area contributed by atoms with Crippen molar-refractivity contribution >= 4 is 11.6 Å². The number of carbonyl (C=O) groups excluding carboxylic acids is 1. The normalized spacial score (nSPS) is 23.9. The molecule has 0 aromatic carbocycles. The Hall–Kier alpha value is -1.46. The zero-order valence-electron chi connectivity index (χ0n) is 10.1. The molecular formula is C12H17N3O2. The lowest BCUT2D eigenvalue weighted by atomic mass is 9.91. The molecule has 0 saturated carbocycles. The van der Waals surface area contributed by atoms with Crippen molar-refractivity contribution in [1.29, 1.82) is 0 Å². The van der Waals surface area contributed by atoms with Crippen LogP contribution in [0.4, 0.5) is 5.82 Å². The number of nitrogens with one attached hydrogen (secondary N) is 1. The molecular weight excluding hydrogens is 218 g/mol. The highest BCUT2D eigenvalue weighted by Crippen LogP contribution is 2.23. The Kier molecular flexibility index (Phi) is 3.40. The van der Waals surface area contributed by atoms with Gasteiger partial charge in [0.2, 0.25) is 0 Å². The first kappa shape index (κ1) is 12.0. The van der Waals surface area contributed by atoms with E-state index in [1.54, 1.807) is 12.3 Å². The van der Waals surface area contributed by atoms with Crippen LogP contribution in [0.25, 0.3) is 0 Å². The molecule has 2 rings (SSSR count). The monoisotopic (exact) mass is 235 g/mol. The first-order valence-corrected chi connectivity index (χ1v) is 5.65. The largest absolute Gasteiger partial charge is 0.383 e. The molecule has 1 aromatic heterocycles. The first-order valence-electron chi connectivity index (χ1n) is 5.65. The summed E-state index contributed by atoms with van der Waals surface area (Å²) < 4.78 is 5.34. The second-order valence-electron chi connectivity index (χ2n) is 4.29. The molecule has 0 amide bonds. The van der Waals surface area contributed by atoms with Gasteiger partial charge in [-0.05, 0) is 25.6 Å². The van der Waals surface area contributed by atoms with Crippen LogP contribution in [-0.2, 0) is 4.74 Å². The van der Waals surface area contributed by atoms with Crippen LogP contribution in [0, 0.1) is 12.8 Å². The lowest BCUT2D eigenvalue weighted by Gasteiger charge is -2.17. The van der Waals surface area contributed by atoms with Crippen LogP contribution in [0.3, 0.4) is 0 Å². The van der Waals surface area contributed by atoms with Gasteiger partial charge >= 0.3 is 0 Å². The summed E-state index contributed by atoms with van der Waals surface area (Å²) in [6, 6.07) is 1.86. The number of likely N-dealkylation sites (N-methyl/N-ethyl adjacent to an activating group) is 1. The number of pyridine rings is 1. The van der Waals surface area contributed by atoms with E-state index in [-0.39, 0.29) is 17.7 Å². The fourth-order valence-corrected chi connectivity index (χ4v) is 2.18. The van der Waals surface area contributed by atoms with Crippen LogP contribution in [0.1, 0.15) is 15.9 Å². The summed E-state index contributed by atoms with van der Waals surface area (Å²) in [5, 5.41) is 3.10. The number of ketones is 1. The van der Waals surface area contributed by atoms with Gasteiger partial charge in [-0.25, -0.2) is 4.98 Å². The van der Waals surface area contributed by atoms with Gasteiger partial charge in [-0.1, -0.05) is 0 Å². The average molecular weight is 235 g/mol. The lowest BCUT2D eigenvalue weighted by molar-refractivity contribution is 0.0892. The number of anilines is 1. The van der Waals surface area contributed by atoms with Crippen molar-refractivity contribution in [3.63, 3.8) is 0 Å². The molecule has 2 unspecified atom stereocenters. The fraction of sp³-hybridized carbons (Fsp3) is 0.500. The van der Waals surface area contributed by atoms with Crippen LogP contribution >= 0.6 is 0 Å². The van der Waals surface area contributed by atoms with Crippen molar-refractivity contribution in [3.8, 4) is 0 Å². The van der Waals surface area contributed by atoms with E-state index in [1.807, 2.05) is 14.0 Å². The topological polar surface area (TPSA) is 77.2 Å². The van der Waals surface area contributed by atoms with E-state index in [2.05, 4.69) is 10.3 Å². The summed E-state index contributed by atoms with van der Waals surface area (Å²) in [7, 11) is 1.83. The summed E-state index contributed by atoms with van der Waals surface area (Å²) in [5.74, 6) is 0.145. The molecule has 2 atom stereocenters. The van der Waals surface area contributed by atoms with Crippen molar-refractivity contribution in [2.24, 2.45) is 5.92 Å². The Morgan fingerprint density at radius 3 is 3.00 bits per heavy atom. The molecule has 1 saturated heterocycles. The zero-order valence-corrected chi connectivity index (χ0v) is 10.1. The Labute approximate surface area is 100 Å². The number of hydrogen-bond acceptors (Lipinski definition) is 5. The van der Waals surface area contributed by atoms with E-state index in [4.69, 9.17) is 10.5 Å². The number of aromatic nitrogens is 1. The maximum atomic E-state index is 12.4. The first-order chi connectivity index (χ1) is 8.15. The smallest absolute Gasteiger partial charge is 0.173 e. The van der Waals surface area contributed by atoms with Gasteiger partial charge in [0.15, 0.2) is 5.78 Å². The molecule has 0 radical (unpaired) electrons. The third-order valence-corrected chi connectivity index (χ3v) is 3.22. The second-order valence-corrected chi connectivity index (χ2v) is 4.29. The Bertz CT molecular complexity index is 414. The molecule has 1 aliphatic heterocycles. The van der Waals surface area contributed by atoms with Gasteiger partial charge in [0.25, 0.3) is 0 Å². The van der Waals surface area contributed by atoms with Crippen LogP contribution < -0.4 is 11.1 Å². The minimum atomic E-state index is -0.176. The number of aryl methyl sites for hydroxylation is 1. The lowest BCUT2D eigenvalue weighted by Crippen LogP contribution is -2.37. The van der Waals surface area contributed by atoms with Crippen LogP contribution in [0.5, 0.6) is 0 Å². The number of Topliss-reactive ketones (excluding diaryl/α,β-unsaturated/α-hetero) is 1. The maximum Gasteiger partial charge on any atom is 0.173 e. The van der Waals surface area contributed by atoms with Gasteiger partial charge in [0.05, 0.1) is 24.7 Å². The highest BCUT2D eigenvalue weighted by atomic mass is 16.5. The summed E-state index contributed by atoms with van der Waals surface area (Å²) in [6.07, 6.45) is 1.61. The van der Waals surface area contributed by atoms with Crippen molar-refractivity contribution in [2.45, 2.75) is 13.0 Å². The van der Waals surface area contributed by atoms with Gasteiger partial charge in [0, 0.05) is 12.2 Å². The number of nitrogen functional groups attached to an aromatic ring is 1. The standard InChI is InChI=1S/C12H17N3O2/c1-7-3-4-15-12(13)10(7)11(16)8-5-17-6-9(8)14-2/h3-4,8-9,14H,5-6H2,1-2H3,(H2,13,15). The number of nitrogens with two attached hydrogens (primary N) is 1. The van der Waals surface area contributed by atoms with E-state index >= 15 is 0 Å². The molecule has 5 heteroatoms. The van der Waals surface area contributed by atoms with Crippen molar-refractivity contribution in [2.75, 3.05) is 26.0 Å². The highest BCUT2D eigenvalue weighted by molar-refractivity contribution is 6.03. The van der Waals surface area contributed by atoms with Crippen molar-refractivity contribution in [1.82, 2.24) is 10.3 Å².